The zero-order valence-corrected chi connectivity index (χ0v) is 10.1. The maximum atomic E-state index is 11.2. The fourth-order valence-electron chi connectivity index (χ4n) is 1.68. The number of carboxylic acids is 1. The van der Waals surface area contributed by atoms with Crippen LogP contribution in [-0.4, -0.2) is 31.0 Å². The first-order valence-corrected chi connectivity index (χ1v) is 5.67. The molecule has 7 heteroatoms. The first-order valence-electron chi connectivity index (χ1n) is 5.67. The third kappa shape index (κ3) is 2.12. The molecule has 98 valence electrons. The zero-order chi connectivity index (χ0) is 13.9. The average Bonchev–Trinajstić information content (AvgIpc) is 3.02. The van der Waals surface area contributed by atoms with Gasteiger partial charge in [-0.2, -0.15) is 0 Å². The maximum absolute atomic E-state index is 11.2. The van der Waals surface area contributed by atoms with Crippen LogP contribution in [0.25, 0.3) is 23.0 Å². The number of carboxylic acid groups (broad SMARTS) is 1. The van der Waals surface area contributed by atoms with E-state index in [1.54, 1.807) is 24.4 Å². The highest BCUT2D eigenvalue weighted by molar-refractivity contribution is 5.92. The molecule has 3 aromatic rings. The Labute approximate surface area is 113 Å². The lowest BCUT2D eigenvalue weighted by molar-refractivity contribution is 0.0691. The van der Waals surface area contributed by atoms with Crippen LogP contribution in [0.15, 0.2) is 47.5 Å². The second kappa shape index (κ2) is 4.88. The molecular weight excluding hydrogens is 260 g/mol. The number of aromatic nitrogens is 4. The number of nitrogens with zero attached hydrogens (tertiary/aromatic N) is 4. The van der Waals surface area contributed by atoms with Crippen molar-refractivity contribution in [3.8, 4) is 23.0 Å². The van der Waals surface area contributed by atoms with Gasteiger partial charge in [-0.1, -0.05) is 6.07 Å². The molecule has 0 aliphatic carbocycles. The topological polar surface area (TPSA) is 102 Å². The number of rotatable bonds is 3. The van der Waals surface area contributed by atoms with Gasteiger partial charge < -0.3 is 9.52 Å². The summed E-state index contributed by atoms with van der Waals surface area (Å²) >= 11 is 0. The zero-order valence-electron chi connectivity index (χ0n) is 10.1. The Hall–Kier alpha value is -3.09. The van der Waals surface area contributed by atoms with Gasteiger partial charge in [0.05, 0.1) is 18.1 Å². The quantitative estimate of drug-likeness (QED) is 0.773. The van der Waals surface area contributed by atoms with Crippen LogP contribution in [0.5, 0.6) is 0 Å². The number of carbonyl (C=O) groups is 1. The third-order valence-electron chi connectivity index (χ3n) is 2.53. The monoisotopic (exact) mass is 268 g/mol. The van der Waals surface area contributed by atoms with E-state index in [4.69, 9.17) is 4.42 Å². The van der Waals surface area contributed by atoms with Crippen molar-refractivity contribution in [2.75, 3.05) is 0 Å². The van der Waals surface area contributed by atoms with Gasteiger partial charge in [-0.25, -0.2) is 19.7 Å². The molecule has 1 N–H and O–H groups in total. The van der Waals surface area contributed by atoms with Crippen molar-refractivity contribution in [3.63, 3.8) is 0 Å². The van der Waals surface area contributed by atoms with Gasteiger partial charge in [0.25, 0.3) is 0 Å². The van der Waals surface area contributed by atoms with Crippen molar-refractivity contribution in [1.29, 1.82) is 0 Å². The molecule has 0 spiro atoms. The van der Waals surface area contributed by atoms with Crippen molar-refractivity contribution in [2.45, 2.75) is 0 Å². The van der Waals surface area contributed by atoms with Crippen LogP contribution in [0.3, 0.4) is 0 Å². The molecule has 3 heterocycles. The highest BCUT2D eigenvalue weighted by atomic mass is 16.4. The lowest BCUT2D eigenvalue weighted by Crippen LogP contribution is -2.06. The third-order valence-corrected chi connectivity index (χ3v) is 2.53. The molecule has 3 aromatic heterocycles. The summed E-state index contributed by atoms with van der Waals surface area (Å²) < 4.78 is 5.13. The predicted octanol–water partition coefficient (Wildman–Crippen LogP) is 1.89. The SMILES string of the molecule is O=C(O)c1ncc(-c2ncco2)nc1-c1ccccn1. The number of pyridine rings is 1. The Morgan fingerprint density at radius 2 is 2.00 bits per heavy atom. The van der Waals surface area contributed by atoms with Crippen LogP contribution in [0, 0.1) is 0 Å². The van der Waals surface area contributed by atoms with Gasteiger partial charge in [0, 0.05) is 6.20 Å². The number of hydrogen-bond donors (Lipinski definition) is 1. The molecule has 0 aromatic carbocycles. The molecule has 3 rings (SSSR count). The molecule has 0 aliphatic rings. The Morgan fingerprint density at radius 3 is 2.65 bits per heavy atom. The van der Waals surface area contributed by atoms with Crippen LogP contribution in [0.1, 0.15) is 10.5 Å². The lowest BCUT2D eigenvalue weighted by atomic mass is 10.2. The lowest BCUT2D eigenvalue weighted by Gasteiger charge is -2.05. The average molecular weight is 268 g/mol. The summed E-state index contributed by atoms with van der Waals surface area (Å²) in [5.41, 5.74) is 0.777. The fraction of sp³-hybridized carbons (Fsp3) is 0. The van der Waals surface area contributed by atoms with Crippen molar-refractivity contribution < 1.29 is 14.3 Å². The molecule has 0 saturated heterocycles. The summed E-state index contributed by atoms with van der Waals surface area (Å²) in [5, 5.41) is 9.18. The minimum absolute atomic E-state index is 0.168. The summed E-state index contributed by atoms with van der Waals surface area (Å²) in [6.07, 6.45) is 5.74. The smallest absolute Gasteiger partial charge is 0.356 e. The Morgan fingerprint density at radius 1 is 1.10 bits per heavy atom. The molecule has 0 atom stereocenters. The highest BCUT2D eigenvalue weighted by Crippen LogP contribution is 2.22. The van der Waals surface area contributed by atoms with Crippen molar-refractivity contribution in [3.05, 3.63) is 48.7 Å². The molecular formula is C13H8N4O3. The standard InChI is InChI=1S/C13H8N4O3/c18-13(19)11-10(8-3-1-2-4-14-8)17-9(7-16-11)12-15-5-6-20-12/h1-7H,(H,18,19). The minimum atomic E-state index is -1.17. The predicted molar refractivity (Wildman–Crippen MR) is 67.7 cm³/mol. The molecule has 0 aliphatic heterocycles. The first kappa shape index (κ1) is 12.0. The first-order chi connectivity index (χ1) is 9.75. The van der Waals surface area contributed by atoms with Gasteiger partial charge in [0.1, 0.15) is 17.7 Å². The maximum Gasteiger partial charge on any atom is 0.356 e. The molecule has 0 unspecified atom stereocenters. The summed E-state index contributed by atoms with van der Waals surface area (Å²) in [7, 11) is 0. The normalized spacial score (nSPS) is 10.4. The molecule has 20 heavy (non-hydrogen) atoms. The Balaban J connectivity index is 2.19. The van der Waals surface area contributed by atoms with Crippen LogP contribution < -0.4 is 0 Å². The number of hydrogen-bond acceptors (Lipinski definition) is 6. The van der Waals surface area contributed by atoms with E-state index in [1.807, 2.05) is 0 Å². The molecule has 0 fully saturated rings. The van der Waals surface area contributed by atoms with Crippen molar-refractivity contribution >= 4 is 5.97 Å². The highest BCUT2D eigenvalue weighted by Gasteiger charge is 2.18. The van der Waals surface area contributed by atoms with E-state index in [9.17, 15) is 9.90 Å². The molecule has 0 bridgehead atoms. The van der Waals surface area contributed by atoms with Crippen molar-refractivity contribution in [1.82, 2.24) is 19.9 Å². The van der Waals surface area contributed by atoms with Gasteiger partial charge in [-0.05, 0) is 12.1 Å². The van der Waals surface area contributed by atoms with Gasteiger partial charge in [0.15, 0.2) is 5.69 Å². The van der Waals surface area contributed by atoms with E-state index in [-0.39, 0.29) is 17.3 Å². The van der Waals surface area contributed by atoms with Crippen LogP contribution in [0.2, 0.25) is 0 Å². The summed E-state index contributed by atoms with van der Waals surface area (Å²) in [6, 6.07) is 5.14. The Bertz CT molecular complexity index is 742. The van der Waals surface area contributed by atoms with Gasteiger partial charge in [0.2, 0.25) is 5.89 Å². The van der Waals surface area contributed by atoms with Crippen LogP contribution in [0.4, 0.5) is 0 Å². The van der Waals surface area contributed by atoms with Crippen LogP contribution >= 0.6 is 0 Å². The van der Waals surface area contributed by atoms with Gasteiger partial charge in [-0.3, -0.25) is 4.98 Å². The summed E-state index contributed by atoms with van der Waals surface area (Å²) in [4.78, 5) is 27.4. The summed E-state index contributed by atoms with van der Waals surface area (Å²) in [5.74, 6) is -0.899. The van der Waals surface area contributed by atoms with E-state index in [1.165, 1.54) is 18.7 Å². The largest absolute Gasteiger partial charge is 0.476 e. The summed E-state index contributed by atoms with van der Waals surface area (Å²) in [6.45, 7) is 0. The Kier molecular flexibility index (Phi) is 2.92. The van der Waals surface area contributed by atoms with Gasteiger partial charge in [-0.15, -0.1) is 0 Å². The van der Waals surface area contributed by atoms with E-state index < -0.39 is 5.97 Å². The number of oxazole rings is 1. The van der Waals surface area contributed by atoms with Gasteiger partial charge >= 0.3 is 5.97 Å². The van der Waals surface area contributed by atoms with E-state index >= 15 is 0 Å². The number of aromatic carboxylic acids is 1. The second-order valence-electron chi connectivity index (χ2n) is 3.81. The van der Waals surface area contributed by atoms with E-state index in [0.29, 0.717) is 11.4 Å². The molecule has 0 amide bonds. The second-order valence-corrected chi connectivity index (χ2v) is 3.81. The van der Waals surface area contributed by atoms with Crippen LogP contribution in [-0.2, 0) is 0 Å². The molecule has 0 saturated carbocycles. The molecule has 7 nitrogen and oxygen atoms in total. The molecule has 0 radical (unpaired) electrons. The fourth-order valence-corrected chi connectivity index (χ4v) is 1.68. The minimum Gasteiger partial charge on any atom is -0.476 e. The van der Waals surface area contributed by atoms with Crippen molar-refractivity contribution in [2.24, 2.45) is 0 Å². The van der Waals surface area contributed by atoms with E-state index in [2.05, 4.69) is 19.9 Å². The van der Waals surface area contributed by atoms with E-state index in [0.717, 1.165) is 0 Å².